The van der Waals surface area contributed by atoms with Gasteiger partial charge in [0.1, 0.15) is 5.75 Å². The fourth-order valence-corrected chi connectivity index (χ4v) is 2.43. The third-order valence-electron chi connectivity index (χ3n) is 3.64. The number of hydrogen-bond donors (Lipinski definition) is 1. The molecule has 0 heterocycles. The molecule has 1 unspecified atom stereocenters. The summed E-state index contributed by atoms with van der Waals surface area (Å²) < 4.78 is 5.22. The van der Waals surface area contributed by atoms with Gasteiger partial charge in [0.2, 0.25) is 0 Å². The first-order chi connectivity index (χ1) is 10.5. The van der Waals surface area contributed by atoms with Gasteiger partial charge in [0, 0.05) is 5.02 Å². The molecule has 1 atom stereocenters. The number of amides is 1. The summed E-state index contributed by atoms with van der Waals surface area (Å²) in [6.45, 7) is 4.07. The zero-order chi connectivity index (χ0) is 16.1. The van der Waals surface area contributed by atoms with E-state index in [-0.39, 0.29) is 11.9 Å². The summed E-state index contributed by atoms with van der Waals surface area (Å²) in [6.07, 6.45) is 1.00. The van der Waals surface area contributed by atoms with Crippen LogP contribution in [0.25, 0.3) is 0 Å². The predicted octanol–water partition coefficient (Wildman–Crippen LogP) is 4.40. The second-order valence-electron chi connectivity index (χ2n) is 5.13. The largest absolute Gasteiger partial charge is 0.496 e. The third kappa shape index (κ3) is 3.80. The Bertz CT molecular complexity index is 653. The molecule has 0 radical (unpaired) electrons. The van der Waals surface area contributed by atoms with E-state index in [2.05, 4.69) is 24.4 Å². The Morgan fingerprint density at radius 1 is 1.23 bits per heavy atom. The molecular formula is C18H20ClNO2. The molecule has 0 aromatic heterocycles. The number of nitrogens with one attached hydrogen (secondary N) is 1. The third-order valence-corrected chi connectivity index (χ3v) is 3.88. The van der Waals surface area contributed by atoms with Gasteiger partial charge in [-0.15, -0.1) is 0 Å². The Labute approximate surface area is 136 Å². The lowest BCUT2D eigenvalue weighted by Crippen LogP contribution is -2.27. The van der Waals surface area contributed by atoms with Crippen LogP contribution in [0.2, 0.25) is 5.02 Å². The molecule has 0 saturated carbocycles. The van der Waals surface area contributed by atoms with Gasteiger partial charge in [-0.25, -0.2) is 0 Å². The van der Waals surface area contributed by atoms with Crippen LogP contribution < -0.4 is 10.1 Å². The minimum atomic E-state index is -0.202. The lowest BCUT2D eigenvalue weighted by atomic mass is 10.0. The van der Waals surface area contributed by atoms with Gasteiger partial charge in [-0.3, -0.25) is 4.79 Å². The maximum Gasteiger partial charge on any atom is 0.255 e. The Kier molecular flexibility index (Phi) is 5.45. The van der Waals surface area contributed by atoms with Crippen molar-refractivity contribution in [1.82, 2.24) is 5.32 Å². The summed E-state index contributed by atoms with van der Waals surface area (Å²) in [4.78, 5) is 12.4. The molecule has 3 nitrogen and oxygen atoms in total. The van der Waals surface area contributed by atoms with Gasteiger partial charge in [-0.05, 0) is 42.7 Å². The van der Waals surface area contributed by atoms with Crippen molar-refractivity contribution in [1.29, 1.82) is 0 Å². The van der Waals surface area contributed by atoms with E-state index in [0.717, 1.165) is 12.0 Å². The zero-order valence-electron chi connectivity index (χ0n) is 13.0. The molecule has 0 spiro atoms. The highest BCUT2D eigenvalue weighted by Crippen LogP contribution is 2.23. The normalized spacial score (nSPS) is 11.8. The van der Waals surface area contributed by atoms with E-state index in [1.165, 1.54) is 12.7 Å². The van der Waals surface area contributed by atoms with Crippen LogP contribution in [0.5, 0.6) is 5.75 Å². The SMILES string of the molecule is CCc1ccc(C(C)NC(=O)c2cc(Cl)ccc2OC)cc1. The monoisotopic (exact) mass is 317 g/mol. The van der Waals surface area contributed by atoms with Crippen LogP contribution in [0.3, 0.4) is 0 Å². The van der Waals surface area contributed by atoms with Crippen LogP contribution in [-0.4, -0.2) is 13.0 Å². The first kappa shape index (κ1) is 16.4. The lowest BCUT2D eigenvalue weighted by Gasteiger charge is -2.16. The molecule has 0 fully saturated rings. The number of methoxy groups -OCH3 is 1. The van der Waals surface area contributed by atoms with Crippen molar-refractivity contribution in [2.75, 3.05) is 7.11 Å². The number of carbonyl (C=O) groups is 1. The quantitative estimate of drug-likeness (QED) is 0.887. The van der Waals surface area contributed by atoms with Crippen LogP contribution in [0, 0.1) is 0 Å². The van der Waals surface area contributed by atoms with Gasteiger partial charge in [0.25, 0.3) is 5.91 Å². The molecule has 1 N–H and O–H groups in total. The van der Waals surface area contributed by atoms with Gasteiger partial charge in [0.15, 0.2) is 0 Å². The van der Waals surface area contributed by atoms with Crippen molar-refractivity contribution in [2.24, 2.45) is 0 Å². The van der Waals surface area contributed by atoms with Gasteiger partial charge >= 0.3 is 0 Å². The first-order valence-corrected chi connectivity index (χ1v) is 7.66. The standard InChI is InChI=1S/C18H20ClNO2/c1-4-13-5-7-14(8-6-13)12(2)20-18(21)16-11-15(19)9-10-17(16)22-3/h5-12H,4H2,1-3H3,(H,20,21). The molecule has 116 valence electrons. The van der Waals surface area contributed by atoms with Crippen molar-refractivity contribution in [3.8, 4) is 5.75 Å². The van der Waals surface area contributed by atoms with E-state index < -0.39 is 0 Å². The zero-order valence-corrected chi connectivity index (χ0v) is 13.8. The summed E-state index contributed by atoms with van der Waals surface area (Å²) in [7, 11) is 1.53. The average Bonchev–Trinajstić information content (AvgIpc) is 2.54. The minimum Gasteiger partial charge on any atom is -0.496 e. The molecule has 2 aromatic rings. The first-order valence-electron chi connectivity index (χ1n) is 7.28. The average molecular weight is 318 g/mol. The molecule has 2 aromatic carbocycles. The molecule has 0 aliphatic heterocycles. The Hall–Kier alpha value is -2.00. The van der Waals surface area contributed by atoms with Crippen molar-refractivity contribution in [2.45, 2.75) is 26.3 Å². The summed E-state index contributed by atoms with van der Waals surface area (Å²) in [6, 6.07) is 13.2. The highest BCUT2D eigenvalue weighted by Gasteiger charge is 2.16. The van der Waals surface area contributed by atoms with Crippen LogP contribution in [-0.2, 0) is 6.42 Å². The van der Waals surface area contributed by atoms with E-state index in [4.69, 9.17) is 16.3 Å². The summed E-state index contributed by atoms with van der Waals surface area (Å²) in [5.74, 6) is 0.307. The van der Waals surface area contributed by atoms with E-state index in [1.54, 1.807) is 18.2 Å². The van der Waals surface area contributed by atoms with Crippen LogP contribution in [0.15, 0.2) is 42.5 Å². The highest BCUT2D eigenvalue weighted by atomic mass is 35.5. The van der Waals surface area contributed by atoms with Gasteiger partial charge < -0.3 is 10.1 Å². The Morgan fingerprint density at radius 2 is 1.91 bits per heavy atom. The molecule has 1 amide bonds. The lowest BCUT2D eigenvalue weighted by molar-refractivity contribution is 0.0937. The summed E-state index contributed by atoms with van der Waals surface area (Å²) in [5.41, 5.74) is 2.78. The summed E-state index contributed by atoms with van der Waals surface area (Å²) >= 11 is 5.97. The van der Waals surface area contributed by atoms with Crippen LogP contribution in [0.1, 0.15) is 41.4 Å². The molecular weight excluding hydrogens is 298 g/mol. The van der Waals surface area contributed by atoms with E-state index in [9.17, 15) is 4.79 Å². The molecule has 2 rings (SSSR count). The maximum atomic E-state index is 12.4. The van der Waals surface area contributed by atoms with E-state index in [1.807, 2.05) is 19.1 Å². The van der Waals surface area contributed by atoms with Crippen molar-refractivity contribution in [3.63, 3.8) is 0 Å². The molecule has 4 heteroatoms. The molecule has 0 saturated heterocycles. The highest BCUT2D eigenvalue weighted by molar-refractivity contribution is 6.31. The Balaban J connectivity index is 2.15. The summed E-state index contributed by atoms with van der Waals surface area (Å²) in [5, 5.41) is 3.48. The molecule has 0 aliphatic rings. The van der Waals surface area contributed by atoms with Crippen LogP contribution in [0.4, 0.5) is 0 Å². The van der Waals surface area contributed by atoms with Crippen molar-refractivity contribution < 1.29 is 9.53 Å². The maximum absolute atomic E-state index is 12.4. The fourth-order valence-electron chi connectivity index (χ4n) is 2.26. The molecule has 0 aliphatic carbocycles. The number of hydrogen-bond acceptors (Lipinski definition) is 2. The second kappa shape index (κ2) is 7.32. The van der Waals surface area contributed by atoms with Gasteiger partial charge in [-0.2, -0.15) is 0 Å². The van der Waals surface area contributed by atoms with Crippen LogP contribution >= 0.6 is 11.6 Å². The smallest absolute Gasteiger partial charge is 0.255 e. The number of carbonyl (C=O) groups excluding carboxylic acids is 1. The van der Waals surface area contributed by atoms with Gasteiger partial charge in [-0.1, -0.05) is 42.8 Å². The number of aryl methyl sites for hydroxylation is 1. The molecule has 0 bridgehead atoms. The van der Waals surface area contributed by atoms with E-state index in [0.29, 0.717) is 16.3 Å². The second-order valence-corrected chi connectivity index (χ2v) is 5.57. The molecule has 22 heavy (non-hydrogen) atoms. The predicted molar refractivity (Wildman–Crippen MR) is 89.7 cm³/mol. The van der Waals surface area contributed by atoms with E-state index >= 15 is 0 Å². The minimum absolute atomic E-state index is 0.0953. The fraction of sp³-hybridized carbons (Fsp3) is 0.278. The van der Waals surface area contributed by atoms with Crippen molar-refractivity contribution >= 4 is 17.5 Å². The Morgan fingerprint density at radius 3 is 2.50 bits per heavy atom. The van der Waals surface area contributed by atoms with Crippen molar-refractivity contribution in [3.05, 3.63) is 64.2 Å². The number of halogens is 1. The topological polar surface area (TPSA) is 38.3 Å². The number of benzene rings is 2. The number of ether oxygens (including phenoxy) is 1. The van der Waals surface area contributed by atoms with Gasteiger partial charge in [0.05, 0.1) is 18.7 Å². The number of rotatable bonds is 5.